The molecule has 1 atom stereocenters. The molecule has 1 saturated heterocycles. The van der Waals surface area contributed by atoms with Crippen LogP contribution in [0.3, 0.4) is 0 Å². The van der Waals surface area contributed by atoms with Gasteiger partial charge in [0.05, 0.1) is 19.3 Å². The summed E-state index contributed by atoms with van der Waals surface area (Å²) in [4.78, 5) is 21.2. The molecular formula is C15H21N3O2S. The second-order valence-electron chi connectivity index (χ2n) is 5.66. The van der Waals surface area contributed by atoms with Gasteiger partial charge in [0.15, 0.2) is 5.13 Å². The first-order valence-corrected chi connectivity index (χ1v) is 8.28. The van der Waals surface area contributed by atoms with Gasteiger partial charge in [-0.3, -0.25) is 9.69 Å². The summed E-state index contributed by atoms with van der Waals surface area (Å²) < 4.78 is 5.82. The molecule has 21 heavy (non-hydrogen) atoms. The molecule has 2 aliphatic rings. The van der Waals surface area contributed by atoms with Crippen LogP contribution in [0.1, 0.15) is 12.8 Å². The van der Waals surface area contributed by atoms with Crippen LogP contribution in [0, 0.1) is 5.92 Å². The molecule has 0 spiro atoms. The van der Waals surface area contributed by atoms with Gasteiger partial charge in [0, 0.05) is 30.6 Å². The number of aromatic nitrogens is 1. The van der Waals surface area contributed by atoms with Crippen molar-refractivity contribution >= 4 is 22.4 Å². The van der Waals surface area contributed by atoms with Crippen molar-refractivity contribution in [3.05, 3.63) is 23.7 Å². The second kappa shape index (κ2) is 6.68. The van der Waals surface area contributed by atoms with E-state index >= 15 is 0 Å². The highest BCUT2D eigenvalue weighted by atomic mass is 32.1. The lowest BCUT2D eigenvalue weighted by Gasteiger charge is -2.33. The normalized spacial score (nSPS) is 23.6. The number of allylic oxidation sites excluding steroid dienone is 2. The number of nitrogens with zero attached hydrogens (tertiary/aromatic N) is 3. The first-order chi connectivity index (χ1) is 10.2. The summed E-state index contributed by atoms with van der Waals surface area (Å²) in [6.07, 6.45) is 7.67. The number of carbonyl (C=O) groups excluding carboxylic acids is 1. The predicted molar refractivity (Wildman–Crippen MR) is 83.6 cm³/mol. The van der Waals surface area contributed by atoms with Crippen molar-refractivity contribution < 1.29 is 9.53 Å². The number of ether oxygens (including phenoxy) is 1. The predicted octanol–water partition coefficient (Wildman–Crippen LogP) is 1.77. The third-order valence-electron chi connectivity index (χ3n) is 4.00. The molecule has 1 amide bonds. The zero-order valence-electron chi connectivity index (χ0n) is 12.3. The van der Waals surface area contributed by atoms with E-state index in [1.165, 1.54) is 11.3 Å². The molecule has 6 heteroatoms. The topological polar surface area (TPSA) is 45.7 Å². The molecule has 3 rings (SSSR count). The van der Waals surface area contributed by atoms with Crippen molar-refractivity contribution in [3.8, 4) is 0 Å². The second-order valence-corrected chi connectivity index (χ2v) is 6.53. The zero-order chi connectivity index (χ0) is 14.7. The average Bonchev–Trinajstić information content (AvgIpc) is 3.17. The number of carbonyl (C=O) groups is 1. The minimum Gasteiger partial charge on any atom is -0.374 e. The summed E-state index contributed by atoms with van der Waals surface area (Å²) in [6, 6.07) is 0. The van der Waals surface area contributed by atoms with Gasteiger partial charge in [-0.2, -0.15) is 0 Å². The lowest BCUT2D eigenvalue weighted by Crippen LogP contribution is -2.48. The summed E-state index contributed by atoms with van der Waals surface area (Å²) in [6.45, 7) is 3.13. The number of thiazole rings is 1. The number of anilines is 1. The van der Waals surface area contributed by atoms with Crippen LogP contribution in [0.15, 0.2) is 23.7 Å². The maximum absolute atomic E-state index is 12.8. The van der Waals surface area contributed by atoms with E-state index in [9.17, 15) is 4.79 Å². The van der Waals surface area contributed by atoms with E-state index in [0.717, 1.165) is 37.7 Å². The fraction of sp³-hybridized carbons (Fsp3) is 0.600. The van der Waals surface area contributed by atoms with Crippen LogP contribution >= 0.6 is 11.3 Å². The molecule has 1 aliphatic heterocycles. The number of hydrogen-bond acceptors (Lipinski definition) is 5. The number of rotatable bonds is 4. The molecule has 0 bridgehead atoms. The zero-order valence-corrected chi connectivity index (χ0v) is 13.1. The molecule has 1 aromatic rings. The Morgan fingerprint density at radius 2 is 2.33 bits per heavy atom. The number of morpholine rings is 1. The summed E-state index contributed by atoms with van der Waals surface area (Å²) in [5.74, 6) is 0.238. The summed E-state index contributed by atoms with van der Waals surface area (Å²) in [5.41, 5.74) is 0. The van der Waals surface area contributed by atoms with Gasteiger partial charge in [0.1, 0.15) is 0 Å². The summed E-state index contributed by atoms with van der Waals surface area (Å²) >= 11 is 1.51. The molecule has 0 radical (unpaired) electrons. The molecule has 0 N–H and O–H groups in total. The van der Waals surface area contributed by atoms with Gasteiger partial charge in [-0.05, 0) is 19.9 Å². The van der Waals surface area contributed by atoms with Gasteiger partial charge < -0.3 is 9.64 Å². The molecule has 0 saturated carbocycles. The minimum absolute atomic E-state index is 0.0611. The summed E-state index contributed by atoms with van der Waals surface area (Å²) in [5, 5.41) is 2.69. The molecule has 0 unspecified atom stereocenters. The Morgan fingerprint density at radius 3 is 3.00 bits per heavy atom. The quantitative estimate of drug-likeness (QED) is 0.795. The lowest BCUT2D eigenvalue weighted by atomic mass is 10.1. The van der Waals surface area contributed by atoms with Gasteiger partial charge >= 0.3 is 0 Å². The Bertz CT molecular complexity index is 495. The van der Waals surface area contributed by atoms with E-state index in [2.05, 4.69) is 29.1 Å². The largest absolute Gasteiger partial charge is 0.374 e. The lowest BCUT2D eigenvalue weighted by molar-refractivity contribution is -0.122. The van der Waals surface area contributed by atoms with Crippen LogP contribution < -0.4 is 4.90 Å². The summed E-state index contributed by atoms with van der Waals surface area (Å²) in [7, 11) is 2.09. The van der Waals surface area contributed by atoms with Crippen molar-refractivity contribution in [1.82, 2.24) is 9.88 Å². The monoisotopic (exact) mass is 307 g/mol. The third-order valence-corrected chi connectivity index (χ3v) is 4.80. The third kappa shape index (κ3) is 3.51. The minimum atomic E-state index is 0.0611. The molecule has 1 aromatic heterocycles. The van der Waals surface area contributed by atoms with E-state index in [4.69, 9.17) is 4.74 Å². The maximum atomic E-state index is 12.8. The van der Waals surface area contributed by atoms with Gasteiger partial charge in [0.25, 0.3) is 0 Å². The Hall–Kier alpha value is -1.24. The smallest absolute Gasteiger partial charge is 0.232 e. The van der Waals surface area contributed by atoms with Crippen LogP contribution in [-0.4, -0.2) is 55.2 Å². The van der Waals surface area contributed by atoms with Gasteiger partial charge in [0.2, 0.25) is 5.91 Å². The standard InChI is InChI=1S/C15H21N3O2S/c1-17-7-8-20-13(10-17)11-18(15-16-6-9-21-15)14(19)12-4-2-3-5-12/h2-3,6,9,12-13H,4-5,7-8,10-11H2,1H3/t13-/m0/s1. The Morgan fingerprint density at radius 1 is 1.52 bits per heavy atom. The van der Waals surface area contributed by atoms with Crippen LogP contribution in [-0.2, 0) is 9.53 Å². The van der Waals surface area contributed by atoms with E-state index in [1.54, 1.807) is 6.20 Å². The van der Waals surface area contributed by atoms with Crippen molar-refractivity contribution in [1.29, 1.82) is 0 Å². The van der Waals surface area contributed by atoms with Gasteiger partial charge in [-0.15, -0.1) is 11.3 Å². The molecule has 0 aromatic carbocycles. The Labute approximate surface area is 129 Å². The number of hydrogen-bond donors (Lipinski definition) is 0. The molecule has 2 heterocycles. The first-order valence-electron chi connectivity index (χ1n) is 7.40. The van der Waals surface area contributed by atoms with Crippen molar-refractivity contribution in [2.24, 2.45) is 5.92 Å². The Balaban J connectivity index is 1.71. The molecule has 1 fully saturated rings. The molecular weight excluding hydrogens is 286 g/mol. The molecule has 114 valence electrons. The number of likely N-dealkylation sites (N-methyl/N-ethyl adjacent to an activating group) is 1. The molecule has 5 nitrogen and oxygen atoms in total. The van der Waals surface area contributed by atoms with Crippen LogP contribution in [0.25, 0.3) is 0 Å². The number of amides is 1. The first kappa shape index (κ1) is 14.7. The molecule has 1 aliphatic carbocycles. The van der Waals surface area contributed by atoms with Crippen LogP contribution in [0.2, 0.25) is 0 Å². The highest BCUT2D eigenvalue weighted by Crippen LogP contribution is 2.26. The van der Waals surface area contributed by atoms with Gasteiger partial charge in [-0.25, -0.2) is 4.98 Å². The maximum Gasteiger partial charge on any atom is 0.232 e. The SMILES string of the molecule is CN1CCO[C@H](CN(C(=O)C2CC=CC2)c2nccs2)C1. The van der Waals surface area contributed by atoms with Crippen molar-refractivity contribution in [3.63, 3.8) is 0 Å². The van der Waals surface area contributed by atoms with E-state index in [-0.39, 0.29) is 17.9 Å². The van der Waals surface area contributed by atoms with Crippen LogP contribution in [0.4, 0.5) is 5.13 Å². The van der Waals surface area contributed by atoms with Gasteiger partial charge in [-0.1, -0.05) is 12.2 Å². The van der Waals surface area contributed by atoms with E-state index in [1.807, 2.05) is 10.3 Å². The van der Waals surface area contributed by atoms with Crippen molar-refractivity contribution in [2.45, 2.75) is 18.9 Å². The fourth-order valence-corrected chi connectivity index (χ4v) is 3.49. The van der Waals surface area contributed by atoms with Crippen LogP contribution in [0.5, 0.6) is 0 Å². The highest BCUT2D eigenvalue weighted by Gasteiger charge is 2.30. The Kier molecular flexibility index (Phi) is 4.67. The van der Waals surface area contributed by atoms with Crippen molar-refractivity contribution in [2.75, 3.05) is 38.2 Å². The highest BCUT2D eigenvalue weighted by molar-refractivity contribution is 7.13. The fourth-order valence-electron chi connectivity index (χ4n) is 2.83. The van der Waals surface area contributed by atoms with E-state index < -0.39 is 0 Å². The average molecular weight is 307 g/mol. The van der Waals surface area contributed by atoms with E-state index in [0.29, 0.717) is 6.54 Å².